The third-order valence-electron chi connectivity index (χ3n) is 4.88. The van der Waals surface area contributed by atoms with Crippen molar-refractivity contribution in [1.82, 2.24) is 14.9 Å². The smallest absolute Gasteiger partial charge is 0.248 e. The zero-order valence-electron chi connectivity index (χ0n) is 14.6. The molecule has 140 valence electrons. The summed E-state index contributed by atoms with van der Waals surface area (Å²) in [4.78, 5) is 21.3. The number of carbonyl (C=O) groups is 1. The number of halogens is 2. The number of ether oxygens (including phenoxy) is 1. The molecule has 3 aromatic rings. The van der Waals surface area contributed by atoms with Gasteiger partial charge in [0, 0.05) is 47.9 Å². The Morgan fingerprint density at radius 3 is 2.96 bits per heavy atom. The van der Waals surface area contributed by atoms with Crippen LogP contribution >= 0.6 is 23.2 Å². The number of H-pyrrole nitrogens is 1. The van der Waals surface area contributed by atoms with E-state index in [4.69, 9.17) is 27.9 Å². The summed E-state index contributed by atoms with van der Waals surface area (Å²) in [5.41, 5.74) is 4.34. The summed E-state index contributed by atoms with van der Waals surface area (Å²) >= 11 is 12.9. The molecule has 0 aliphatic carbocycles. The van der Waals surface area contributed by atoms with Crippen molar-refractivity contribution in [3.8, 4) is 17.0 Å². The topological polar surface area (TPSA) is 78.5 Å². The van der Waals surface area contributed by atoms with Gasteiger partial charge in [-0.05, 0) is 23.8 Å². The average molecular weight is 406 g/mol. The van der Waals surface area contributed by atoms with Crippen LogP contribution in [-0.2, 0) is 17.8 Å². The number of fused-ring (bicyclic) bond motifs is 3. The van der Waals surface area contributed by atoms with E-state index in [2.05, 4.69) is 9.97 Å². The van der Waals surface area contributed by atoms with E-state index in [1.807, 2.05) is 12.1 Å². The number of amides is 1. The maximum Gasteiger partial charge on any atom is 0.248 e. The number of aliphatic hydroxyl groups is 1. The Morgan fingerprint density at radius 2 is 2.22 bits per heavy atom. The first-order valence-electron chi connectivity index (χ1n) is 8.44. The number of aliphatic hydroxyl groups excluding tert-OH is 1. The molecule has 0 bridgehead atoms. The van der Waals surface area contributed by atoms with Crippen LogP contribution in [0.2, 0.25) is 10.0 Å². The van der Waals surface area contributed by atoms with E-state index >= 15 is 0 Å². The minimum atomic E-state index is -0.506. The Kier molecular flexibility index (Phi) is 4.72. The maximum absolute atomic E-state index is 12.0. The molecule has 0 radical (unpaired) electrons. The molecule has 1 aliphatic heterocycles. The summed E-state index contributed by atoms with van der Waals surface area (Å²) in [6, 6.07) is 5.53. The van der Waals surface area contributed by atoms with Crippen LogP contribution < -0.4 is 4.74 Å². The van der Waals surface area contributed by atoms with Crippen LogP contribution in [0.25, 0.3) is 22.0 Å². The van der Waals surface area contributed by atoms with Gasteiger partial charge >= 0.3 is 0 Å². The van der Waals surface area contributed by atoms with Gasteiger partial charge < -0.3 is 19.7 Å². The highest BCUT2D eigenvalue weighted by molar-refractivity contribution is 6.45. The quantitative estimate of drug-likeness (QED) is 0.699. The number of nitrogens with one attached hydrogen (secondary N) is 1. The summed E-state index contributed by atoms with van der Waals surface area (Å²) < 4.78 is 5.42. The summed E-state index contributed by atoms with van der Waals surface area (Å²) in [7, 11) is 1.56. The van der Waals surface area contributed by atoms with Gasteiger partial charge in [-0.3, -0.25) is 4.79 Å². The van der Waals surface area contributed by atoms with Crippen molar-refractivity contribution in [2.24, 2.45) is 0 Å². The van der Waals surface area contributed by atoms with Gasteiger partial charge in [0.1, 0.15) is 6.61 Å². The molecule has 0 unspecified atom stereocenters. The predicted octanol–water partition coefficient (Wildman–Crippen LogP) is 3.42. The van der Waals surface area contributed by atoms with Crippen molar-refractivity contribution in [3.05, 3.63) is 45.7 Å². The van der Waals surface area contributed by atoms with E-state index in [0.29, 0.717) is 35.4 Å². The molecule has 0 fully saturated rings. The van der Waals surface area contributed by atoms with Gasteiger partial charge in [-0.25, -0.2) is 4.98 Å². The molecular formula is C19H17Cl2N3O3. The molecule has 3 heterocycles. The van der Waals surface area contributed by atoms with Crippen LogP contribution in [0.4, 0.5) is 0 Å². The molecule has 0 atom stereocenters. The van der Waals surface area contributed by atoms with Crippen LogP contribution in [0.5, 0.6) is 5.88 Å². The molecule has 6 nitrogen and oxygen atoms in total. The number of pyridine rings is 1. The number of methoxy groups -OCH3 is 1. The van der Waals surface area contributed by atoms with Gasteiger partial charge in [0.2, 0.25) is 11.8 Å². The van der Waals surface area contributed by atoms with Crippen molar-refractivity contribution in [1.29, 1.82) is 0 Å². The molecule has 0 saturated carbocycles. The largest absolute Gasteiger partial charge is 0.481 e. The first kappa shape index (κ1) is 18.1. The number of aromatic nitrogens is 2. The number of aromatic amines is 1. The van der Waals surface area contributed by atoms with E-state index < -0.39 is 6.61 Å². The third-order valence-corrected chi connectivity index (χ3v) is 5.67. The standard InChI is InChI=1S/C19H17Cl2N3O3/c1-27-19-10(3-2-5-22-19)11-7-13(20)17(21)18-16(11)12-8-24(15(26)9-25)6-4-14(12)23-18/h2-3,5,7,23,25H,4,6,8-9H2,1H3. The molecule has 2 N–H and O–H groups in total. The highest BCUT2D eigenvalue weighted by atomic mass is 35.5. The molecule has 1 aromatic carbocycles. The Morgan fingerprint density at radius 1 is 1.41 bits per heavy atom. The van der Waals surface area contributed by atoms with Crippen molar-refractivity contribution < 1.29 is 14.6 Å². The highest BCUT2D eigenvalue weighted by Crippen LogP contribution is 2.43. The fourth-order valence-corrected chi connectivity index (χ4v) is 4.02. The maximum atomic E-state index is 12.0. The SMILES string of the molecule is COc1ncccc1-c1cc(Cl)c(Cl)c2[nH]c3c(c12)CN(C(=O)CO)CC3. The van der Waals surface area contributed by atoms with E-state index in [1.54, 1.807) is 24.3 Å². The molecule has 1 aliphatic rings. The predicted molar refractivity (Wildman–Crippen MR) is 104 cm³/mol. The van der Waals surface area contributed by atoms with Crippen LogP contribution in [0.3, 0.4) is 0 Å². The second-order valence-electron chi connectivity index (χ2n) is 6.34. The first-order chi connectivity index (χ1) is 13.0. The number of benzene rings is 1. The van der Waals surface area contributed by atoms with Crippen LogP contribution in [-0.4, -0.2) is 46.1 Å². The van der Waals surface area contributed by atoms with Crippen molar-refractivity contribution in [2.75, 3.05) is 20.3 Å². The Labute approximate surface area is 165 Å². The van der Waals surface area contributed by atoms with Crippen molar-refractivity contribution in [3.63, 3.8) is 0 Å². The second-order valence-corrected chi connectivity index (χ2v) is 7.12. The number of hydrogen-bond donors (Lipinski definition) is 2. The minimum absolute atomic E-state index is 0.296. The van der Waals surface area contributed by atoms with Crippen molar-refractivity contribution in [2.45, 2.75) is 13.0 Å². The molecule has 27 heavy (non-hydrogen) atoms. The van der Waals surface area contributed by atoms with Gasteiger partial charge in [-0.2, -0.15) is 0 Å². The highest BCUT2D eigenvalue weighted by Gasteiger charge is 2.27. The average Bonchev–Trinajstić information content (AvgIpc) is 3.09. The molecule has 0 spiro atoms. The Bertz CT molecular complexity index is 1050. The molecular weight excluding hydrogens is 389 g/mol. The first-order valence-corrected chi connectivity index (χ1v) is 9.20. The Balaban J connectivity index is 1.99. The fraction of sp³-hybridized carbons (Fsp3) is 0.263. The summed E-state index contributed by atoms with van der Waals surface area (Å²) in [5.74, 6) is 0.182. The van der Waals surface area contributed by atoms with E-state index in [1.165, 1.54) is 0 Å². The summed E-state index contributed by atoms with van der Waals surface area (Å²) in [5, 5.41) is 11.0. The molecule has 2 aromatic heterocycles. The molecule has 4 rings (SSSR count). The lowest BCUT2D eigenvalue weighted by Gasteiger charge is -2.27. The number of hydrogen-bond acceptors (Lipinski definition) is 4. The van der Waals surface area contributed by atoms with Crippen LogP contribution in [0.1, 0.15) is 11.3 Å². The lowest BCUT2D eigenvalue weighted by Crippen LogP contribution is -2.37. The Hall–Kier alpha value is -2.28. The van der Waals surface area contributed by atoms with Gasteiger partial charge in [-0.15, -0.1) is 0 Å². The molecule has 1 amide bonds. The lowest BCUT2D eigenvalue weighted by atomic mass is 9.96. The van der Waals surface area contributed by atoms with Crippen LogP contribution in [0, 0.1) is 0 Å². The third kappa shape index (κ3) is 2.94. The van der Waals surface area contributed by atoms with Gasteiger partial charge in [0.15, 0.2) is 0 Å². The number of carbonyl (C=O) groups excluding carboxylic acids is 1. The number of rotatable bonds is 3. The normalized spacial score (nSPS) is 13.7. The van der Waals surface area contributed by atoms with E-state index in [9.17, 15) is 9.90 Å². The zero-order chi connectivity index (χ0) is 19.1. The molecule has 8 heteroatoms. The lowest BCUT2D eigenvalue weighted by molar-refractivity contribution is -0.135. The molecule has 0 saturated heterocycles. The summed E-state index contributed by atoms with van der Waals surface area (Å²) in [6.45, 7) is 0.423. The van der Waals surface area contributed by atoms with E-state index in [0.717, 1.165) is 33.3 Å². The number of nitrogens with zero attached hydrogens (tertiary/aromatic N) is 2. The second kappa shape index (κ2) is 7.03. The van der Waals surface area contributed by atoms with E-state index in [-0.39, 0.29) is 5.91 Å². The zero-order valence-corrected chi connectivity index (χ0v) is 16.1. The van der Waals surface area contributed by atoms with Crippen LogP contribution in [0.15, 0.2) is 24.4 Å². The fourth-order valence-electron chi connectivity index (χ4n) is 3.62. The van der Waals surface area contributed by atoms with Gasteiger partial charge in [-0.1, -0.05) is 23.2 Å². The van der Waals surface area contributed by atoms with Crippen molar-refractivity contribution >= 4 is 40.0 Å². The minimum Gasteiger partial charge on any atom is -0.481 e. The van der Waals surface area contributed by atoms with Gasteiger partial charge in [0.25, 0.3) is 0 Å². The van der Waals surface area contributed by atoms with Gasteiger partial charge in [0.05, 0.1) is 22.7 Å². The monoisotopic (exact) mass is 405 g/mol. The summed E-state index contributed by atoms with van der Waals surface area (Å²) in [6.07, 6.45) is 2.30.